The number of aromatic nitrogens is 2. The fourth-order valence-corrected chi connectivity index (χ4v) is 14.7. The summed E-state index contributed by atoms with van der Waals surface area (Å²) in [6.07, 6.45) is 16.7. The second-order valence-electron chi connectivity index (χ2n) is 19.0. The van der Waals surface area contributed by atoms with Gasteiger partial charge in [0.15, 0.2) is 17.7 Å². The summed E-state index contributed by atoms with van der Waals surface area (Å²) in [5, 5.41) is 39.0. The van der Waals surface area contributed by atoms with Crippen LogP contribution in [0.15, 0.2) is 55.0 Å². The molecule has 322 valence electrons. The summed E-state index contributed by atoms with van der Waals surface area (Å²) < 4.78 is 16.1. The highest BCUT2D eigenvalue weighted by molar-refractivity contribution is 8.76. The molecule has 10 atom stereocenters. The third-order valence-electron chi connectivity index (χ3n) is 15.3. The number of nitrogens with one attached hydrogen (secondary N) is 2. The number of benzene rings is 2. The highest BCUT2D eigenvalue weighted by Gasteiger charge is 2.49. The quantitative estimate of drug-likeness (QED) is 0.0650. The first-order chi connectivity index (χ1) is 30.1. The molecule has 62 heavy (non-hydrogen) atoms. The van der Waals surface area contributed by atoms with Gasteiger partial charge in [0.05, 0.1) is 35.2 Å². The third-order valence-corrected chi connectivity index (χ3v) is 17.7. The normalized spacial score (nSPS) is 31.7. The molecular formula is C50H54N4O6S2. The molecule has 7 N–H and O–H groups in total. The molecule has 1 saturated carbocycles. The van der Waals surface area contributed by atoms with Crippen molar-refractivity contribution < 1.29 is 29.6 Å². The number of rotatable bonds is 6. The van der Waals surface area contributed by atoms with Crippen molar-refractivity contribution in [1.82, 2.24) is 14.9 Å². The largest absolute Gasteiger partial charge is 0.465 e. The first kappa shape index (κ1) is 40.7. The minimum atomic E-state index is -1.04. The lowest BCUT2D eigenvalue weighted by Gasteiger charge is -2.48. The predicted molar refractivity (Wildman–Crippen MR) is 242 cm³/mol. The SMILES string of the molecule is CC1C=CC(C(O)CC(=O)CCc2ccc3c4c2CSSCC25CCC6c7c(ccc(c72)C(N)NC5)C(O)C#CC(C(O4)n2cc4[nH]cc6c4c2)C2(C#CO3)CCCC2)C(O)C1. The highest BCUT2D eigenvalue weighted by Crippen LogP contribution is 2.56. The maximum atomic E-state index is 13.6. The van der Waals surface area contributed by atoms with Gasteiger partial charge in [-0.2, -0.15) is 0 Å². The molecule has 10 unspecified atom stereocenters. The van der Waals surface area contributed by atoms with Crippen molar-refractivity contribution in [3.05, 3.63) is 94.0 Å². The second-order valence-corrected chi connectivity index (χ2v) is 21.5. The standard InChI is InChI=1S/C50H54N4O6S2/c1-28-4-8-32(41(57)20-28)42(58)21-30(55)7-5-29-6-13-43-46-37(29)25-61-62-27-50-17-14-31-35-22-52-39-24-54(23-36(35)39)48(60-46)38(49(18-19-59-43)15-2-3-16-49)11-12-40(56)33-9-10-34(45(50)44(31)33)47(51)53-26-50/h4,6,8-10,13,22-24,28,31-32,38,40-42,47-48,52-53,56-58H,2-3,5,7,14-17,20-21,25-27,51H2,1H3. The van der Waals surface area contributed by atoms with Crippen LogP contribution in [-0.2, 0) is 22.4 Å². The summed E-state index contributed by atoms with van der Waals surface area (Å²) >= 11 is 0. The number of nitrogens with zero attached hydrogens (tertiary/aromatic N) is 1. The maximum absolute atomic E-state index is 13.6. The number of carbonyl (C=O) groups excluding carboxylic acids is 1. The lowest BCUT2D eigenvalue weighted by atomic mass is 9.61. The summed E-state index contributed by atoms with van der Waals surface area (Å²) in [7, 11) is 3.62. The summed E-state index contributed by atoms with van der Waals surface area (Å²) in [5.41, 5.74) is 14.6. The summed E-state index contributed by atoms with van der Waals surface area (Å²) in [6, 6.07) is 8.14. The highest BCUT2D eigenvalue weighted by atomic mass is 33.1. The van der Waals surface area contributed by atoms with Gasteiger partial charge >= 0.3 is 0 Å². The lowest BCUT2D eigenvalue weighted by molar-refractivity contribution is -0.122. The van der Waals surface area contributed by atoms with Crippen molar-refractivity contribution in [3.8, 4) is 35.4 Å². The molecule has 12 heteroatoms. The van der Waals surface area contributed by atoms with Crippen LogP contribution >= 0.6 is 21.6 Å². The van der Waals surface area contributed by atoms with E-state index in [2.05, 4.69) is 69.5 Å². The molecule has 0 amide bonds. The number of hydrogen-bond acceptors (Lipinski definition) is 10. The van der Waals surface area contributed by atoms with Crippen LogP contribution in [0.25, 0.3) is 10.9 Å². The number of fused-ring (bicyclic) bond motifs is 5. The van der Waals surface area contributed by atoms with Gasteiger partial charge in [0.1, 0.15) is 18.0 Å². The molecule has 5 aliphatic heterocycles. The summed E-state index contributed by atoms with van der Waals surface area (Å²) in [4.78, 5) is 17.3. The van der Waals surface area contributed by atoms with Crippen molar-refractivity contribution in [2.24, 2.45) is 28.9 Å². The van der Waals surface area contributed by atoms with Crippen molar-refractivity contribution in [2.45, 2.75) is 119 Å². The van der Waals surface area contributed by atoms with Crippen LogP contribution in [0.3, 0.4) is 0 Å². The van der Waals surface area contributed by atoms with Crippen LogP contribution in [0.1, 0.15) is 128 Å². The first-order valence-corrected chi connectivity index (χ1v) is 24.9. The van der Waals surface area contributed by atoms with Crippen molar-refractivity contribution in [3.63, 3.8) is 0 Å². The topological polar surface area (TPSA) is 155 Å². The predicted octanol–water partition coefficient (Wildman–Crippen LogP) is 7.57. The Morgan fingerprint density at radius 1 is 1.06 bits per heavy atom. The zero-order valence-electron chi connectivity index (χ0n) is 35.0. The molecule has 4 aromatic rings. The van der Waals surface area contributed by atoms with Crippen LogP contribution in [-0.4, -0.2) is 55.2 Å². The number of aromatic amines is 1. The Kier molecular flexibility index (Phi) is 10.4. The number of nitrogens with two attached hydrogens (primary N) is 1. The number of ether oxygens (including phenoxy) is 2. The zero-order chi connectivity index (χ0) is 42.3. The van der Waals surface area contributed by atoms with E-state index in [0.29, 0.717) is 30.1 Å². The number of aliphatic hydroxyl groups excluding tert-OH is 3. The summed E-state index contributed by atoms with van der Waals surface area (Å²) in [6.45, 7) is 2.77. The third kappa shape index (κ3) is 6.75. The Hall–Kier alpha value is -4.11. The van der Waals surface area contributed by atoms with E-state index in [-0.39, 0.29) is 42.0 Å². The second kappa shape index (κ2) is 15.8. The van der Waals surface area contributed by atoms with E-state index in [0.717, 1.165) is 84.0 Å². The molecule has 12 rings (SSSR count). The number of allylic oxidation sites excluding steroid dienone is 1. The van der Waals surface area contributed by atoms with Crippen LogP contribution < -0.4 is 20.5 Å². The van der Waals surface area contributed by atoms with Crippen LogP contribution in [0, 0.1) is 47.0 Å². The molecule has 2 aromatic heterocycles. The fraction of sp³-hybridized carbons (Fsp3) is 0.500. The minimum absolute atomic E-state index is 0.0224. The molecule has 8 aliphatic rings. The van der Waals surface area contributed by atoms with Gasteiger partial charge in [-0.15, -0.1) is 0 Å². The van der Waals surface area contributed by atoms with E-state index in [4.69, 9.17) is 15.2 Å². The summed E-state index contributed by atoms with van der Waals surface area (Å²) in [5.74, 6) is 12.5. The smallest absolute Gasteiger partial charge is 0.191 e. The number of aryl methyl sites for hydroxylation is 1. The molecule has 0 radical (unpaired) electrons. The van der Waals surface area contributed by atoms with Crippen LogP contribution in [0.4, 0.5) is 0 Å². The van der Waals surface area contributed by atoms with E-state index >= 15 is 0 Å². The molecule has 1 fully saturated rings. The van der Waals surface area contributed by atoms with Gasteiger partial charge in [0, 0.05) is 77.7 Å². The van der Waals surface area contributed by atoms with E-state index in [1.165, 1.54) is 16.7 Å². The van der Waals surface area contributed by atoms with Crippen molar-refractivity contribution in [2.75, 3.05) is 12.3 Å². The van der Waals surface area contributed by atoms with E-state index in [9.17, 15) is 20.1 Å². The number of Topliss-reactive ketones (excluding diaryl/α,β-unsaturated/α-hetero) is 1. The van der Waals surface area contributed by atoms with Gasteiger partial charge in [-0.25, -0.2) is 0 Å². The average Bonchev–Trinajstić information content (AvgIpc) is 4.01. The van der Waals surface area contributed by atoms with Crippen molar-refractivity contribution in [1.29, 1.82) is 0 Å². The Morgan fingerprint density at radius 3 is 2.77 bits per heavy atom. The molecule has 3 aliphatic carbocycles. The minimum Gasteiger partial charge on any atom is -0.465 e. The number of hydrogen-bond donors (Lipinski definition) is 6. The molecule has 10 nitrogen and oxygen atoms in total. The molecule has 2 spiro atoms. The molecule has 10 bridgehead atoms. The Labute approximate surface area is 370 Å². The molecule has 7 heterocycles. The van der Waals surface area contributed by atoms with Gasteiger partial charge in [-0.05, 0) is 83.9 Å². The molecular weight excluding hydrogens is 817 g/mol. The maximum Gasteiger partial charge on any atom is 0.191 e. The van der Waals surface area contributed by atoms with Crippen LogP contribution in [0.5, 0.6) is 11.5 Å². The van der Waals surface area contributed by atoms with E-state index in [1.54, 1.807) is 10.8 Å². The van der Waals surface area contributed by atoms with Gasteiger partial charge in [0.25, 0.3) is 0 Å². The number of ketones is 1. The van der Waals surface area contributed by atoms with Gasteiger partial charge in [-0.3, -0.25) is 10.1 Å². The van der Waals surface area contributed by atoms with E-state index in [1.807, 2.05) is 42.0 Å². The van der Waals surface area contributed by atoms with Crippen LogP contribution in [0.2, 0.25) is 0 Å². The number of aliphatic hydroxyl groups is 3. The van der Waals surface area contributed by atoms with Gasteiger partial charge in [0.2, 0.25) is 0 Å². The fourth-order valence-electron chi connectivity index (χ4n) is 11.9. The van der Waals surface area contributed by atoms with Gasteiger partial charge < -0.3 is 40.1 Å². The van der Waals surface area contributed by atoms with Crippen molar-refractivity contribution >= 4 is 38.3 Å². The monoisotopic (exact) mass is 870 g/mol. The Morgan fingerprint density at radius 2 is 1.92 bits per heavy atom. The lowest BCUT2D eigenvalue weighted by Crippen LogP contribution is -2.52. The first-order valence-electron chi connectivity index (χ1n) is 22.5. The molecule has 0 saturated heterocycles. The number of carbonyl (C=O) groups is 1. The Balaban J connectivity index is 1.07. The van der Waals surface area contributed by atoms with E-state index < -0.39 is 41.8 Å². The molecule has 2 aromatic carbocycles. The Bertz CT molecular complexity index is 2610. The van der Waals surface area contributed by atoms with Gasteiger partial charge in [-0.1, -0.05) is 89.5 Å². The zero-order valence-corrected chi connectivity index (χ0v) is 36.6. The number of H-pyrrole nitrogens is 1. The average molecular weight is 871 g/mol.